The van der Waals surface area contributed by atoms with Crippen LogP contribution in [0.3, 0.4) is 0 Å². The summed E-state index contributed by atoms with van der Waals surface area (Å²) in [5.74, 6) is -0.0938. The first-order valence-electron chi connectivity index (χ1n) is 10.7. The zero-order chi connectivity index (χ0) is 21.4. The highest BCUT2D eigenvalue weighted by Gasteiger charge is 2.36. The van der Waals surface area contributed by atoms with E-state index in [4.69, 9.17) is 9.16 Å². The lowest BCUT2D eigenvalue weighted by molar-refractivity contribution is -0.144. The fourth-order valence-corrected chi connectivity index (χ4v) is 6.49. The second kappa shape index (κ2) is 11.1. The van der Waals surface area contributed by atoms with Gasteiger partial charge < -0.3 is 14.3 Å². The van der Waals surface area contributed by atoms with Crippen molar-refractivity contribution in [2.75, 3.05) is 0 Å². The molecule has 0 saturated heterocycles. The molecule has 1 aliphatic heterocycles. The topological polar surface area (TPSA) is 55.8 Å². The molecule has 0 fully saturated rings. The number of aliphatic hydroxyl groups is 1. The van der Waals surface area contributed by atoms with Crippen molar-refractivity contribution in [3.63, 3.8) is 0 Å². The van der Waals surface area contributed by atoms with Crippen molar-refractivity contribution in [1.82, 2.24) is 0 Å². The number of ether oxygens (including phenoxy) is 1. The number of aliphatic hydroxyl groups excluding tert-OH is 1. The average molecular weight is 409 g/mol. The van der Waals surface area contributed by atoms with Crippen LogP contribution in [0.1, 0.15) is 61.3 Å². The predicted molar refractivity (Wildman–Crippen MR) is 119 cm³/mol. The SMILES string of the molecule is CC[Si](CC)(CC)O[C@@]1(C)/C=C/C(=O)O[C@H](C)[C@@H](C)CC/C=C(\C)[C@H](O)/C=C/1. The highest BCUT2D eigenvalue weighted by atomic mass is 28.4. The highest BCUT2D eigenvalue weighted by Crippen LogP contribution is 2.30. The third-order valence-corrected chi connectivity index (χ3v) is 10.9. The van der Waals surface area contributed by atoms with Crippen LogP contribution in [-0.2, 0) is 14.0 Å². The van der Waals surface area contributed by atoms with Gasteiger partial charge in [0, 0.05) is 6.08 Å². The summed E-state index contributed by atoms with van der Waals surface area (Å²) in [6.07, 6.45) is 9.95. The molecule has 0 amide bonds. The Morgan fingerprint density at radius 1 is 1.21 bits per heavy atom. The van der Waals surface area contributed by atoms with E-state index in [2.05, 4.69) is 33.8 Å². The quantitative estimate of drug-likeness (QED) is 0.368. The van der Waals surface area contributed by atoms with Crippen LogP contribution in [0.2, 0.25) is 18.1 Å². The van der Waals surface area contributed by atoms with Crippen LogP contribution in [0, 0.1) is 5.92 Å². The van der Waals surface area contributed by atoms with Gasteiger partial charge in [-0.05, 0) is 69.3 Å². The van der Waals surface area contributed by atoms with Crippen molar-refractivity contribution in [2.24, 2.45) is 5.92 Å². The number of hydrogen-bond acceptors (Lipinski definition) is 4. The van der Waals surface area contributed by atoms with Crippen molar-refractivity contribution in [3.8, 4) is 0 Å². The molecule has 0 bridgehead atoms. The lowest BCUT2D eigenvalue weighted by Crippen LogP contribution is -2.44. The molecular formula is C23H40O4Si. The first-order chi connectivity index (χ1) is 13.1. The molecular weight excluding hydrogens is 368 g/mol. The van der Waals surface area contributed by atoms with E-state index in [1.807, 2.05) is 26.8 Å². The summed E-state index contributed by atoms with van der Waals surface area (Å²) in [4.78, 5) is 12.3. The van der Waals surface area contributed by atoms with E-state index in [1.54, 1.807) is 12.2 Å². The molecule has 160 valence electrons. The molecule has 0 aliphatic carbocycles. The van der Waals surface area contributed by atoms with E-state index in [-0.39, 0.29) is 18.0 Å². The van der Waals surface area contributed by atoms with E-state index in [1.165, 1.54) is 6.08 Å². The fourth-order valence-electron chi connectivity index (χ4n) is 3.49. The standard InChI is InChI=1S/C23H40O4Si/c1-8-28(9-2,10-3)27-23(7)16-14-21(24)19(5)13-11-12-18(4)20(6)26-22(25)15-17-23/h13-18,20-21,24H,8-12H2,1-7H3/b16-14+,17-15+,19-13+/t18-,20+,21+,23+/m0/s1. The van der Waals surface area contributed by atoms with Crippen LogP contribution in [0.25, 0.3) is 0 Å². The smallest absolute Gasteiger partial charge is 0.330 e. The van der Waals surface area contributed by atoms with Crippen molar-refractivity contribution < 1.29 is 19.1 Å². The summed E-state index contributed by atoms with van der Waals surface area (Å²) in [6, 6.07) is 3.03. The Labute approximate surface area is 172 Å². The average Bonchev–Trinajstić information content (AvgIpc) is 2.68. The van der Waals surface area contributed by atoms with Gasteiger partial charge in [-0.2, -0.15) is 0 Å². The Morgan fingerprint density at radius 3 is 2.39 bits per heavy atom. The molecule has 0 aromatic rings. The molecule has 0 saturated carbocycles. The third-order valence-electron chi connectivity index (χ3n) is 6.19. The Morgan fingerprint density at radius 2 is 1.82 bits per heavy atom. The summed E-state index contributed by atoms with van der Waals surface area (Å²) in [7, 11) is -1.92. The van der Waals surface area contributed by atoms with Crippen molar-refractivity contribution in [3.05, 3.63) is 36.0 Å². The van der Waals surface area contributed by atoms with Crippen LogP contribution in [-0.4, -0.2) is 37.2 Å². The van der Waals surface area contributed by atoms with E-state index in [0.717, 1.165) is 36.5 Å². The molecule has 0 unspecified atom stereocenters. The molecule has 0 spiro atoms. The minimum Gasteiger partial charge on any atom is -0.459 e. The first kappa shape index (κ1) is 24.9. The number of allylic oxidation sites excluding steroid dienone is 1. The van der Waals surface area contributed by atoms with Crippen LogP contribution in [0.4, 0.5) is 0 Å². The van der Waals surface area contributed by atoms with Gasteiger partial charge in [-0.25, -0.2) is 4.79 Å². The minimum atomic E-state index is -1.92. The predicted octanol–water partition coefficient (Wildman–Crippen LogP) is 5.55. The van der Waals surface area contributed by atoms with E-state index in [0.29, 0.717) is 0 Å². The van der Waals surface area contributed by atoms with Crippen molar-refractivity contribution in [2.45, 2.75) is 97.2 Å². The monoisotopic (exact) mass is 408 g/mol. The summed E-state index contributed by atoms with van der Waals surface area (Å²) in [5, 5.41) is 10.5. The molecule has 0 aromatic carbocycles. The highest BCUT2D eigenvalue weighted by molar-refractivity contribution is 6.73. The van der Waals surface area contributed by atoms with Crippen LogP contribution < -0.4 is 0 Å². The molecule has 1 heterocycles. The van der Waals surface area contributed by atoms with E-state index < -0.39 is 20.0 Å². The van der Waals surface area contributed by atoms with Gasteiger partial charge in [-0.3, -0.25) is 0 Å². The van der Waals surface area contributed by atoms with Gasteiger partial charge in [-0.15, -0.1) is 0 Å². The van der Waals surface area contributed by atoms with Crippen molar-refractivity contribution >= 4 is 14.3 Å². The Balaban J connectivity index is 3.27. The molecule has 0 radical (unpaired) electrons. The van der Waals surface area contributed by atoms with E-state index in [9.17, 15) is 9.90 Å². The first-order valence-corrected chi connectivity index (χ1v) is 13.3. The normalized spacial score (nSPS) is 34.6. The third kappa shape index (κ3) is 7.34. The van der Waals surface area contributed by atoms with Crippen LogP contribution >= 0.6 is 0 Å². The second-order valence-electron chi connectivity index (χ2n) is 8.31. The molecule has 5 heteroatoms. The zero-order valence-electron chi connectivity index (χ0n) is 18.8. The maximum Gasteiger partial charge on any atom is 0.330 e. The Kier molecular flexibility index (Phi) is 9.88. The number of carbonyl (C=O) groups is 1. The maximum absolute atomic E-state index is 12.3. The Bertz CT molecular complexity index is 583. The van der Waals surface area contributed by atoms with Crippen LogP contribution in [0.5, 0.6) is 0 Å². The fraction of sp³-hybridized carbons (Fsp3) is 0.696. The van der Waals surface area contributed by atoms with Crippen LogP contribution in [0.15, 0.2) is 36.0 Å². The van der Waals surface area contributed by atoms with Gasteiger partial charge in [0.1, 0.15) is 6.10 Å². The van der Waals surface area contributed by atoms with Crippen molar-refractivity contribution in [1.29, 1.82) is 0 Å². The number of rotatable bonds is 5. The number of cyclic esters (lactones) is 1. The van der Waals surface area contributed by atoms with Gasteiger partial charge in [0.05, 0.1) is 11.7 Å². The van der Waals surface area contributed by atoms with Gasteiger partial charge >= 0.3 is 5.97 Å². The van der Waals surface area contributed by atoms with E-state index >= 15 is 0 Å². The van der Waals surface area contributed by atoms with Gasteiger partial charge in [0.15, 0.2) is 8.32 Å². The number of hydrogen-bond donors (Lipinski definition) is 1. The largest absolute Gasteiger partial charge is 0.459 e. The lowest BCUT2D eigenvalue weighted by Gasteiger charge is -2.37. The summed E-state index contributed by atoms with van der Waals surface area (Å²) >= 11 is 0. The molecule has 1 rings (SSSR count). The molecule has 4 nitrogen and oxygen atoms in total. The second-order valence-corrected chi connectivity index (χ2v) is 13.0. The maximum atomic E-state index is 12.3. The Hall–Kier alpha value is -1.17. The summed E-state index contributed by atoms with van der Waals surface area (Å²) in [5.41, 5.74) is 0.175. The summed E-state index contributed by atoms with van der Waals surface area (Å²) in [6.45, 7) is 14.5. The summed E-state index contributed by atoms with van der Waals surface area (Å²) < 4.78 is 12.3. The minimum absolute atomic E-state index is 0.156. The number of carbonyl (C=O) groups excluding carboxylic acids is 1. The molecule has 28 heavy (non-hydrogen) atoms. The van der Waals surface area contributed by atoms with Gasteiger partial charge in [-0.1, -0.05) is 45.9 Å². The molecule has 4 atom stereocenters. The molecule has 0 aromatic heterocycles. The van der Waals surface area contributed by atoms with Gasteiger partial charge in [0.25, 0.3) is 0 Å². The van der Waals surface area contributed by atoms with Gasteiger partial charge in [0.2, 0.25) is 0 Å². The lowest BCUT2D eigenvalue weighted by atomic mass is 9.97. The molecule has 1 aliphatic rings. The zero-order valence-corrected chi connectivity index (χ0v) is 19.8. The number of esters is 1. The molecule has 1 N–H and O–H groups in total.